The monoisotopic (exact) mass is 231 g/mol. The highest BCUT2D eigenvalue weighted by Gasteiger charge is 2.23. The van der Waals surface area contributed by atoms with E-state index in [1.54, 1.807) is 18.3 Å². The van der Waals surface area contributed by atoms with Gasteiger partial charge in [-0.25, -0.2) is 0 Å². The summed E-state index contributed by atoms with van der Waals surface area (Å²) in [5, 5.41) is 19.4. The number of aromatic nitrogens is 2. The molecule has 1 aliphatic heterocycles. The number of nitrogens with zero attached hydrogens (tertiary/aromatic N) is 1. The largest absolute Gasteiger partial charge is 0.508 e. The average Bonchev–Trinajstić information content (AvgIpc) is 2.94. The van der Waals surface area contributed by atoms with Crippen LogP contribution >= 0.6 is 0 Å². The zero-order chi connectivity index (χ0) is 11.7. The van der Waals surface area contributed by atoms with Gasteiger partial charge in [-0.3, -0.25) is 5.10 Å². The third kappa shape index (κ3) is 1.97. The van der Waals surface area contributed by atoms with E-state index in [1.165, 1.54) is 0 Å². The fraction of sp³-hybridized carbons (Fsp3) is 0.250. The number of nitrogens with one attached hydrogen (secondary N) is 2. The van der Waals surface area contributed by atoms with E-state index < -0.39 is 0 Å². The minimum Gasteiger partial charge on any atom is -0.508 e. The number of rotatable bonds is 3. The molecule has 2 heterocycles. The average molecular weight is 231 g/mol. The van der Waals surface area contributed by atoms with Crippen molar-refractivity contribution in [3.63, 3.8) is 0 Å². The number of H-pyrrole nitrogens is 1. The van der Waals surface area contributed by atoms with Crippen LogP contribution in [0.3, 0.4) is 0 Å². The lowest BCUT2D eigenvalue weighted by Gasteiger charge is -2.10. The van der Waals surface area contributed by atoms with E-state index in [9.17, 15) is 5.11 Å². The van der Waals surface area contributed by atoms with Crippen LogP contribution in [0.2, 0.25) is 0 Å². The second-order valence-corrected chi connectivity index (χ2v) is 4.07. The van der Waals surface area contributed by atoms with Crippen LogP contribution in [0, 0.1) is 0 Å². The van der Waals surface area contributed by atoms with E-state index in [4.69, 9.17) is 4.74 Å². The topological polar surface area (TPSA) is 70.2 Å². The van der Waals surface area contributed by atoms with Crippen LogP contribution in [0.25, 0.3) is 0 Å². The van der Waals surface area contributed by atoms with E-state index >= 15 is 0 Å². The summed E-state index contributed by atoms with van der Waals surface area (Å²) < 4.78 is 5.52. The number of fused-ring (bicyclic) bond motifs is 1. The van der Waals surface area contributed by atoms with Gasteiger partial charge < -0.3 is 15.2 Å². The Morgan fingerprint density at radius 2 is 2.47 bits per heavy atom. The third-order valence-electron chi connectivity index (χ3n) is 2.89. The maximum atomic E-state index is 9.35. The van der Waals surface area contributed by atoms with Gasteiger partial charge in [0.25, 0.3) is 0 Å². The van der Waals surface area contributed by atoms with Crippen molar-refractivity contribution >= 4 is 0 Å². The van der Waals surface area contributed by atoms with Crippen molar-refractivity contribution in [3.05, 3.63) is 41.7 Å². The summed E-state index contributed by atoms with van der Waals surface area (Å²) in [6, 6.07) is 5.39. The van der Waals surface area contributed by atoms with E-state index in [-0.39, 0.29) is 11.8 Å². The van der Waals surface area contributed by atoms with Crippen LogP contribution in [0.1, 0.15) is 17.2 Å². The lowest BCUT2D eigenvalue weighted by atomic mass is 10.1. The number of hydrogen-bond donors (Lipinski definition) is 3. The minimum absolute atomic E-state index is 0.167. The quantitative estimate of drug-likeness (QED) is 0.745. The van der Waals surface area contributed by atoms with Gasteiger partial charge in [0.1, 0.15) is 18.1 Å². The molecule has 0 aliphatic carbocycles. The van der Waals surface area contributed by atoms with Gasteiger partial charge in [-0.05, 0) is 12.1 Å². The second-order valence-electron chi connectivity index (χ2n) is 4.07. The van der Waals surface area contributed by atoms with Gasteiger partial charge in [-0.15, -0.1) is 0 Å². The summed E-state index contributed by atoms with van der Waals surface area (Å²) in [5.74, 6) is 0.994. The van der Waals surface area contributed by atoms with Gasteiger partial charge in [-0.1, -0.05) is 0 Å². The molecule has 1 aliphatic rings. The molecule has 5 heteroatoms. The Morgan fingerprint density at radius 3 is 3.29 bits per heavy atom. The molecule has 3 rings (SSSR count). The number of aromatic hydroxyl groups is 1. The van der Waals surface area contributed by atoms with Crippen LogP contribution in [-0.4, -0.2) is 21.9 Å². The number of phenolic OH excluding ortho intramolecular Hbond substituents is 1. The zero-order valence-electron chi connectivity index (χ0n) is 9.18. The summed E-state index contributed by atoms with van der Waals surface area (Å²) in [6.45, 7) is 1.33. The molecule has 1 unspecified atom stereocenters. The molecule has 0 saturated carbocycles. The summed E-state index contributed by atoms with van der Waals surface area (Å²) in [5.41, 5.74) is 2.20. The molecule has 1 aromatic heterocycles. The van der Waals surface area contributed by atoms with Gasteiger partial charge in [0, 0.05) is 29.9 Å². The first-order valence-corrected chi connectivity index (χ1v) is 5.49. The first-order chi connectivity index (χ1) is 8.33. The summed E-state index contributed by atoms with van der Waals surface area (Å²) >= 11 is 0. The van der Waals surface area contributed by atoms with E-state index in [0.29, 0.717) is 6.61 Å². The molecule has 1 aromatic carbocycles. The SMILES string of the molecule is Oc1ccc2c(c1)OCC2NCc1cn[nH]c1. The molecule has 0 amide bonds. The standard InChI is InChI=1S/C12H13N3O2/c16-9-1-2-10-11(7-17-12(10)3-9)13-4-8-5-14-15-6-8/h1-3,5-6,11,13,16H,4,7H2,(H,14,15). The molecule has 0 bridgehead atoms. The number of benzene rings is 1. The number of phenols is 1. The lowest BCUT2D eigenvalue weighted by Crippen LogP contribution is -2.21. The number of ether oxygens (including phenoxy) is 1. The smallest absolute Gasteiger partial charge is 0.127 e. The predicted molar refractivity (Wildman–Crippen MR) is 61.8 cm³/mol. The highest BCUT2D eigenvalue weighted by atomic mass is 16.5. The molecule has 3 N–H and O–H groups in total. The van der Waals surface area contributed by atoms with Crippen molar-refractivity contribution in [2.45, 2.75) is 12.6 Å². The second kappa shape index (κ2) is 4.10. The van der Waals surface area contributed by atoms with Gasteiger partial charge in [0.15, 0.2) is 0 Å². The predicted octanol–water partition coefficient (Wildman–Crippen LogP) is 1.34. The van der Waals surface area contributed by atoms with Crippen molar-refractivity contribution in [3.8, 4) is 11.5 Å². The zero-order valence-corrected chi connectivity index (χ0v) is 9.18. The maximum Gasteiger partial charge on any atom is 0.127 e. The Bertz CT molecular complexity index is 510. The molecule has 88 valence electrons. The van der Waals surface area contributed by atoms with Crippen molar-refractivity contribution in [1.82, 2.24) is 15.5 Å². The normalized spacial score (nSPS) is 17.8. The molecule has 0 spiro atoms. The third-order valence-corrected chi connectivity index (χ3v) is 2.89. The van der Waals surface area contributed by atoms with Crippen LogP contribution in [0.15, 0.2) is 30.6 Å². The Kier molecular flexibility index (Phi) is 2.45. The molecule has 5 nitrogen and oxygen atoms in total. The van der Waals surface area contributed by atoms with Crippen molar-refractivity contribution in [2.75, 3.05) is 6.61 Å². The van der Waals surface area contributed by atoms with E-state index in [0.717, 1.165) is 23.4 Å². The Morgan fingerprint density at radius 1 is 1.53 bits per heavy atom. The van der Waals surface area contributed by atoms with Crippen LogP contribution in [-0.2, 0) is 6.54 Å². The highest BCUT2D eigenvalue weighted by Crippen LogP contribution is 2.34. The fourth-order valence-electron chi connectivity index (χ4n) is 1.98. The van der Waals surface area contributed by atoms with Crippen LogP contribution in [0.5, 0.6) is 11.5 Å². The van der Waals surface area contributed by atoms with E-state index in [1.807, 2.05) is 12.3 Å². The fourth-order valence-corrected chi connectivity index (χ4v) is 1.98. The molecule has 17 heavy (non-hydrogen) atoms. The first kappa shape index (κ1) is 10.2. The van der Waals surface area contributed by atoms with Gasteiger partial charge >= 0.3 is 0 Å². The van der Waals surface area contributed by atoms with Crippen molar-refractivity contribution in [1.29, 1.82) is 0 Å². The first-order valence-electron chi connectivity index (χ1n) is 5.49. The van der Waals surface area contributed by atoms with Gasteiger partial charge in [0.05, 0.1) is 12.2 Å². The Balaban J connectivity index is 1.71. The van der Waals surface area contributed by atoms with Crippen LogP contribution in [0.4, 0.5) is 0 Å². The summed E-state index contributed by atoms with van der Waals surface area (Å²) in [7, 11) is 0. The molecule has 0 fully saturated rings. The number of hydrogen-bond acceptors (Lipinski definition) is 4. The van der Waals surface area contributed by atoms with Crippen molar-refractivity contribution < 1.29 is 9.84 Å². The molecule has 2 aromatic rings. The Labute approximate surface area is 98.4 Å². The molecular formula is C12H13N3O2. The minimum atomic E-state index is 0.167. The summed E-state index contributed by atoms with van der Waals surface area (Å²) in [4.78, 5) is 0. The van der Waals surface area contributed by atoms with Crippen molar-refractivity contribution in [2.24, 2.45) is 0 Å². The van der Waals surface area contributed by atoms with Crippen LogP contribution < -0.4 is 10.1 Å². The maximum absolute atomic E-state index is 9.35. The molecule has 1 atom stereocenters. The lowest BCUT2D eigenvalue weighted by molar-refractivity contribution is 0.309. The number of aromatic amines is 1. The Hall–Kier alpha value is -2.01. The van der Waals surface area contributed by atoms with Gasteiger partial charge in [-0.2, -0.15) is 5.10 Å². The highest BCUT2D eigenvalue weighted by molar-refractivity contribution is 5.44. The molecular weight excluding hydrogens is 218 g/mol. The molecule has 0 saturated heterocycles. The van der Waals surface area contributed by atoms with Gasteiger partial charge in [0.2, 0.25) is 0 Å². The van der Waals surface area contributed by atoms with E-state index in [2.05, 4.69) is 15.5 Å². The summed E-state index contributed by atoms with van der Waals surface area (Å²) in [6.07, 6.45) is 3.65. The molecule has 0 radical (unpaired) electrons.